The molecular formula is C27H38N2O3. The molecule has 0 fully saturated rings. The molecule has 0 saturated carbocycles. The van der Waals surface area contributed by atoms with Gasteiger partial charge in [0.1, 0.15) is 11.8 Å². The van der Waals surface area contributed by atoms with Crippen LogP contribution in [0.5, 0.6) is 5.75 Å². The van der Waals surface area contributed by atoms with Crippen LogP contribution >= 0.6 is 0 Å². The van der Waals surface area contributed by atoms with Gasteiger partial charge in [-0.05, 0) is 61.4 Å². The second kappa shape index (κ2) is 12.3. The Morgan fingerprint density at radius 2 is 1.53 bits per heavy atom. The van der Waals surface area contributed by atoms with Crippen molar-refractivity contribution in [1.29, 1.82) is 0 Å². The van der Waals surface area contributed by atoms with E-state index in [9.17, 15) is 9.59 Å². The van der Waals surface area contributed by atoms with E-state index in [1.807, 2.05) is 38.1 Å². The zero-order chi connectivity index (χ0) is 23.7. The molecule has 0 heterocycles. The van der Waals surface area contributed by atoms with Gasteiger partial charge in [-0.25, -0.2) is 0 Å². The molecule has 0 saturated heterocycles. The highest BCUT2D eigenvalue weighted by molar-refractivity contribution is 5.87. The maximum Gasteiger partial charge on any atom is 0.242 e. The fraction of sp³-hybridized carbons (Fsp3) is 0.481. The van der Waals surface area contributed by atoms with Crippen LogP contribution in [0.15, 0.2) is 48.5 Å². The molecule has 32 heavy (non-hydrogen) atoms. The Hall–Kier alpha value is -2.82. The number of carbonyl (C=O) groups is 2. The number of nitrogens with one attached hydrogen (secondary N) is 1. The van der Waals surface area contributed by atoms with E-state index in [2.05, 4.69) is 43.4 Å². The topological polar surface area (TPSA) is 58.6 Å². The van der Waals surface area contributed by atoms with E-state index in [1.54, 1.807) is 18.9 Å². The van der Waals surface area contributed by atoms with Crippen molar-refractivity contribution in [3.05, 3.63) is 65.2 Å². The summed E-state index contributed by atoms with van der Waals surface area (Å²) < 4.78 is 5.23. The van der Waals surface area contributed by atoms with Gasteiger partial charge in [-0.3, -0.25) is 9.59 Å². The monoisotopic (exact) mass is 438 g/mol. The number of nitrogens with zero attached hydrogens (tertiary/aromatic N) is 1. The molecule has 0 aromatic heterocycles. The van der Waals surface area contributed by atoms with Crippen LogP contribution in [0.25, 0.3) is 0 Å². The van der Waals surface area contributed by atoms with Crippen molar-refractivity contribution in [3.8, 4) is 5.75 Å². The minimum Gasteiger partial charge on any atom is -0.497 e. The zero-order valence-electron chi connectivity index (χ0n) is 20.4. The van der Waals surface area contributed by atoms with Crippen LogP contribution in [0.2, 0.25) is 0 Å². The van der Waals surface area contributed by atoms with Crippen LogP contribution in [0.3, 0.4) is 0 Å². The second-order valence-electron chi connectivity index (χ2n) is 8.76. The fourth-order valence-corrected chi connectivity index (χ4v) is 3.44. The third-order valence-electron chi connectivity index (χ3n) is 5.95. The van der Waals surface area contributed by atoms with Crippen LogP contribution in [0, 0.1) is 0 Å². The third-order valence-corrected chi connectivity index (χ3v) is 5.95. The highest BCUT2D eigenvalue weighted by Crippen LogP contribution is 2.18. The summed E-state index contributed by atoms with van der Waals surface area (Å²) in [4.78, 5) is 27.7. The first-order valence-corrected chi connectivity index (χ1v) is 11.6. The minimum atomic E-state index is -0.554. The zero-order valence-corrected chi connectivity index (χ0v) is 20.4. The van der Waals surface area contributed by atoms with Crippen molar-refractivity contribution in [1.82, 2.24) is 10.2 Å². The molecule has 174 valence electrons. The number of hydrogen-bond acceptors (Lipinski definition) is 3. The van der Waals surface area contributed by atoms with E-state index >= 15 is 0 Å². The van der Waals surface area contributed by atoms with Crippen molar-refractivity contribution >= 4 is 11.8 Å². The highest BCUT2D eigenvalue weighted by Gasteiger charge is 2.26. The quantitative estimate of drug-likeness (QED) is 0.532. The predicted octanol–water partition coefficient (Wildman–Crippen LogP) is 5.08. The minimum absolute atomic E-state index is 0.0273. The summed E-state index contributed by atoms with van der Waals surface area (Å²) in [7, 11) is 1.62. The van der Waals surface area contributed by atoms with Gasteiger partial charge in [-0.2, -0.15) is 0 Å². The summed E-state index contributed by atoms with van der Waals surface area (Å²) in [6, 6.07) is 15.6. The molecule has 5 nitrogen and oxygen atoms in total. The standard InChI is InChI=1S/C27H38N2O3/c1-7-20(4)28-27(31)21(5)29(18-23-10-15-25(32-6)16-11-23)26(30)17-12-22-8-13-24(14-9-22)19(2)3/h8-11,13-16,19-21H,7,12,17-18H2,1-6H3,(H,28,31)/t20-,21-/m1/s1. The van der Waals surface area contributed by atoms with Gasteiger partial charge in [-0.1, -0.05) is 57.2 Å². The highest BCUT2D eigenvalue weighted by atomic mass is 16.5. The van der Waals surface area contributed by atoms with E-state index in [0.29, 0.717) is 25.3 Å². The number of ether oxygens (including phenoxy) is 1. The molecule has 2 atom stereocenters. The van der Waals surface area contributed by atoms with Crippen LogP contribution in [-0.2, 0) is 22.6 Å². The van der Waals surface area contributed by atoms with Crippen molar-refractivity contribution in [2.75, 3.05) is 7.11 Å². The summed E-state index contributed by atoms with van der Waals surface area (Å²) in [5.74, 6) is 1.10. The van der Waals surface area contributed by atoms with Crippen molar-refractivity contribution in [2.45, 2.75) is 78.4 Å². The number of aryl methyl sites for hydroxylation is 1. The average Bonchev–Trinajstić information content (AvgIpc) is 2.80. The van der Waals surface area contributed by atoms with Crippen LogP contribution in [0.4, 0.5) is 0 Å². The molecule has 0 spiro atoms. The van der Waals surface area contributed by atoms with E-state index in [1.165, 1.54) is 5.56 Å². The summed E-state index contributed by atoms with van der Waals surface area (Å²) >= 11 is 0. The maximum absolute atomic E-state index is 13.2. The lowest BCUT2D eigenvalue weighted by Crippen LogP contribution is -2.49. The van der Waals surface area contributed by atoms with Crippen LogP contribution in [-0.4, -0.2) is 35.9 Å². The number of amides is 2. The van der Waals surface area contributed by atoms with E-state index in [-0.39, 0.29) is 17.9 Å². The van der Waals surface area contributed by atoms with Gasteiger partial charge in [-0.15, -0.1) is 0 Å². The number of methoxy groups -OCH3 is 1. The number of rotatable bonds is 11. The molecule has 2 aromatic carbocycles. The lowest BCUT2D eigenvalue weighted by atomic mass is 10.00. The fourth-order valence-electron chi connectivity index (χ4n) is 3.44. The molecule has 0 unspecified atom stereocenters. The van der Waals surface area contributed by atoms with Crippen molar-refractivity contribution in [3.63, 3.8) is 0 Å². The Balaban J connectivity index is 2.13. The second-order valence-corrected chi connectivity index (χ2v) is 8.76. The van der Waals surface area contributed by atoms with Gasteiger partial charge in [0.05, 0.1) is 7.11 Å². The number of carbonyl (C=O) groups excluding carboxylic acids is 2. The normalized spacial score (nSPS) is 12.8. The molecule has 2 aromatic rings. The van der Waals surface area contributed by atoms with Crippen molar-refractivity contribution in [2.24, 2.45) is 0 Å². The largest absolute Gasteiger partial charge is 0.497 e. The molecule has 0 radical (unpaired) electrons. The number of benzene rings is 2. The van der Waals surface area contributed by atoms with E-state index in [4.69, 9.17) is 4.74 Å². The van der Waals surface area contributed by atoms with Gasteiger partial charge in [0.25, 0.3) is 0 Å². The lowest BCUT2D eigenvalue weighted by Gasteiger charge is -2.30. The average molecular weight is 439 g/mol. The molecule has 1 N–H and O–H groups in total. The van der Waals surface area contributed by atoms with Gasteiger partial charge < -0.3 is 15.0 Å². The summed E-state index contributed by atoms with van der Waals surface area (Å²) in [5, 5.41) is 3.01. The lowest BCUT2D eigenvalue weighted by molar-refractivity contribution is -0.140. The van der Waals surface area contributed by atoms with Gasteiger partial charge >= 0.3 is 0 Å². The Morgan fingerprint density at radius 1 is 0.938 bits per heavy atom. The molecule has 0 aliphatic rings. The van der Waals surface area contributed by atoms with Crippen LogP contribution < -0.4 is 10.1 Å². The Bertz CT molecular complexity index is 859. The Morgan fingerprint density at radius 3 is 2.06 bits per heavy atom. The van der Waals surface area contributed by atoms with E-state index < -0.39 is 6.04 Å². The first-order valence-electron chi connectivity index (χ1n) is 11.6. The molecule has 5 heteroatoms. The van der Waals surface area contributed by atoms with Gasteiger partial charge in [0.15, 0.2) is 0 Å². The Labute approximate surface area is 193 Å². The predicted molar refractivity (Wildman–Crippen MR) is 130 cm³/mol. The maximum atomic E-state index is 13.2. The Kier molecular flexibility index (Phi) is 9.76. The number of hydrogen-bond donors (Lipinski definition) is 1. The summed E-state index contributed by atoms with van der Waals surface area (Å²) in [6.07, 6.45) is 1.85. The third kappa shape index (κ3) is 7.40. The first-order chi connectivity index (χ1) is 15.2. The first kappa shape index (κ1) is 25.4. The smallest absolute Gasteiger partial charge is 0.242 e. The molecule has 2 rings (SSSR count). The van der Waals surface area contributed by atoms with Crippen LogP contribution in [0.1, 0.15) is 70.1 Å². The molecule has 2 amide bonds. The summed E-state index contributed by atoms with van der Waals surface area (Å²) in [5.41, 5.74) is 3.38. The van der Waals surface area contributed by atoms with Gasteiger partial charge in [0, 0.05) is 19.0 Å². The molecule has 0 bridgehead atoms. The molecular weight excluding hydrogens is 400 g/mol. The van der Waals surface area contributed by atoms with E-state index in [0.717, 1.165) is 23.3 Å². The van der Waals surface area contributed by atoms with Gasteiger partial charge in [0.2, 0.25) is 11.8 Å². The molecule has 0 aliphatic carbocycles. The van der Waals surface area contributed by atoms with Crippen molar-refractivity contribution < 1.29 is 14.3 Å². The summed E-state index contributed by atoms with van der Waals surface area (Å²) in [6.45, 7) is 10.5. The molecule has 0 aliphatic heterocycles. The SMILES string of the molecule is CC[C@@H](C)NC(=O)[C@@H](C)N(Cc1ccc(OC)cc1)C(=O)CCc1ccc(C(C)C)cc1.